The second kappa shape index (κ2) is 6.78. The number of amides is 1. The molecule has 126 valence electrons. The van der Waals surface area contributed by atoms with Crippen LogP contribution in [0.25, 0.3) is 0 Å². The Morgan fingerprint density at radius 3 is 2.40 bits per heavy atom. The zero-order valence-corrected chi connectivity index (χ0v) is 14.4. The van der Waals surface area contributed by atoms with Gasteiger partial charge in [-0.15, -0.1) is 11.3 Å². The standard InChI is InChI=1S/C19H17N3O2S/c1-11-6-5-9-13(10-11)22-19-14(18(21)24)15(20)17(25-19)16(23)12-7-3-2-4-8-12/h2-10,22H,20H2,1H3,(H2,21,24). The van der Waals surface area contributed by atoms with Gasteiger partial charge in [-0.05, 0) is 24.6 Å². The smallest absolute Gasteiger partial charge is 0.253 e. The molecule has 0 saturated heterocycles. The topological polar surface area (TPSA) is 98.2 Å². The van der Waals surface area contributed by atoms with Crippen molar-refractivity contribution in [3.05, 3.63) is 76.2 Å². The monoisotopic (exact) mass is 351 g/mol. The largest absolute Gasteiger partial charge is 0.397 e. The van der Waals surface area contributed by atoms with Crippen LogP contribution in [-0.4, -0.2) is 11.7 Å². The number of hydrogen-bond acceptors (Lipinski definition) is 5. The van der Waals surface area contributed by atoms with Crippen LogP contribution in [0.2, 0.25) is 0 Å². The summed E-state index contributed by atoms with van der Waals surface area (Å²) in [7, 11) is 0. The molecule has 0 aliphatic carbocycles. The van der Waals surface area contributed by atoms with Crippen LogP contribution in [0.4, 0.5) is 16.4 Å². The number of carbonyl (C=O) groups is 2. The minimum absolute atomic E-state index is 0.113. The molecule has 3 aromatic rings. The van der Waals surface area contributed by atoms with E-state index in [0.29, 0.717) is 15.4 Å². The zero-order chi connectivity index (χ0) is 18.0. The van der Waals surface area contributed by atoms with Crippen molar-refractivity contribution in [2.75, 3.05) is 11.1 Å². The maximum Gasteiger partial charge on any atom is 0.253 e. The molecule has 0 unspecified atom stereocenters. The van der Waals surface area contributed by atoms with Crippen LogP contribution in [0.1, 0.15) is 31.2 Å². The molecular formula is C19H17N3O2S. The maximum absolute atomic E-state index is 12.7. The highest BCUT2D eigenvalue weighted by Crippen LogP contribution is 2.38. The van der Waals surface area contributed by atoms with Crippen molar-refractivity contribution in [2.24, 2.45) is 5.73 Å². The number of nitrogens with one attached hydrogen (secondary N) is 1. The zero-order valence-electron chi connectivity index (χ0n) is 13.6. The molecule has 0 bridgehead atoms. The molecule has 3 rings (SSSR count). The second-order valence-corrected chi connectivity index (χ2v) is 6.62. The average molecular weight is 351 g/mol. The van der Waals surface area contributed by atoms with E-state index < -0.39 is 5.91 Å². The summed E-state index contributed by atoms with van der Waals surface area (Å²) >= 11 is 1.13. The lowest BCUT2D eigenvalue weighted by Crippen LogP contribution is -2.14. The van der Waals surface area contributed by atoms with Crippen LogP contribution >= 0.6 is 11.3 Å². The number of carbonyl (C=O) groups excluding carboxylic acids is 2. The van der Waals surface area contributed by atoms with Crippen LogP contribution in [0.5, 0.6) is 0 Å². The van der Waals surface area contributed by atoms with Crippen LogP contribution < -0.4 is 16.8 Å². The van der Waals surface area contributed by atoms with E-state index in [9.17, 15) is 9.59 Å². The number of thiophene rings is 1. The number of primary amides is 1. The predicted octanol–water partition coefficient (Wildman–Crippen LogP) is 3.71. The third kappa shape index (κ3) is 3.39. The summed E-state index contributed by atoms with van der Waals surface area (Å²) in [5.74, 6) is -0.904. The Morgan fingerprint density at radius 2 is 1.76 bits per heavy atom. The van der Waals surface area contributed by atoms with Crippen molar-refractivity contribution in [3.63, 3.8) is 0 Å². The average Bonchev–Trinajstić information content (AvgIpc) is 2.91. The molecule has 5 N–H and O–H groups in total. The minimum Gasteiger partial charge on any atom is -0.397 e. The first-order chi connectivity index (χ1) is 12.0. The summed E-state index contributed by atoms with van der Waals surface area (Å²) in [6.45, 7) is 1.97. The lowest BCUT2D eigenvalue weighted by atomic mass is 10.1. The summed E-state index contributed by atoms with van der Waals surface area (Å²) in [4.78, 5) is 24.9. The Labute approximate surface area is 149 Å². The number of hydrogen-bond donors (Lipinski definition) is 3. The molecule has 0 spiro atoms. The first kappa shape index (κ1) is 16.7. The number of anilines is 3. The Balaban J connectivity index is 2.04. The summed E-state index contributed by atoms with van der Waals surface area (Å²) in [5, 5.41) is 3.62. The van der Waals surface area contributed by atoms with E-state index in [1.54, 1.807) is 24.3 Å². The Kier molecular flexibility index (Phi) is 4.54. The van der Waals surface area contributed by atoms with Crippen molar-refractivity contribution in [3.8, 4) is 0 Å². The third-order valence-electron chi connectivity index (χ3n) is 3.71. The number of nitrogens with two attached hydrogens (primary N) is 2. The second-order valence-electron chi connectivity index (χ2n) is 5.60. The molecular weight excluding hydrogens is 334 g/mol. The molecule has 5 nitrogen and oxygen atoms in total. The van der Waals surface area contributed by atoms with Crippen LogP contribution in [0, 0.1) is 6.92 Å². The van der Waals surface area contributed by atoms with E-state index in [1.807, 2.05) is 37.3 Å². The number of nitrogen functional groups attached to an aromatic ring is 1. The number of ketones is 1. The molecule has 0 atom stereocenters. The maximum atomic E-state index is 12.7. The van der Waals surface area contributed by atoms with Gasteiger partial charge in [-0.25, -0.2) is 0 Å². The van der Waals surface area contributed by atoms with E-state index in [-0.39, 0.29) is 17.0 Å². The van der Waals surface area contributed by atoms with E-state index in [2.05, 4.69) is 5.32 Å². The highest BCUT2D eigenvalue weighted by molar-refractivity contribution is 7.19. The summed E-state index contributed by atoms with van der Waals surface area (Å²) in [6.07, 6.45) is 0. The van der Waals surface area contributed by atoms with Crippen molar-refractivity contribution in [2.45, 2.75) is 6.92 Å². The highest BCUT2D eigenvalue weighted by Gasteiger charge is 2.25. The molecule has 2 aromatic carbocycles. The van der Waals surface area contributed by atoms with E-state index >= 15 is 0 Å². The number of aryl methyl sites for hydroxylation is 1. The fraction of sp³-hybridized carbons (Fsp3) is 0.0526. The van der Waals surface area contributed by atoms with Gasteiger partial charge >= 0.3 is 0 Å². The van der Waals surface area contributed by atoms with Crippen LogP contribution in [0.15, 0.2) is 54.6 Å². The van der Waals surface area contributed by atoms with Gasteiger partial charge in [-0.1, -0.05) is 42.5 Å². The third-order valence-corrected chi connectivity index (χ3v) is 4.83. The van der Waals surface area contributed by atoms with Gasteiger partial charge in [0.25, 0.3) is 5.91 Å². The predicted molar refractivity (Wildman–Crippen MR) is 102 cm³/mol. The summed E-state index contributed by atoms with van der Waals surface area (Å²) in [5.41, 5.74) is 14.2. The minimum atomic E-state index is -0.670. The van der Waals surface area contributed by atoms with Crippen LogP contribution in [0.3, 0.4) is 0 Å². The molecule has 1 amide bonds. The normalized spacial score (nSPS) is 10.4. The lowest BCUT2D eigenvalue weighted by molar-refractivity contribution is 0.100. The van der Waals surface area contributed by atoms with E-state index in [1.165, 1.54) is 0 Å². The summed E-state index contributed by atoms with van der Waals surface area (Å²) < 4.78 is 0. The molecule has 25 heavy (non-hydrogen) atoms. The molecule has 1 aromatic heterocycles. The van der Waals surface area contributed by atoms with Crippen molar-refractivity contribution >= 4 is 39.4 Å². The molecule has 0 aliphatic rings. The van der Waals surface area contributed by atoms with E-state index in [4.69, 9.17) is 11.5 Å². The SMILES string of the molecule is Cc1cccc(Nc2sc(C(=O)c3ccccc3)c(N)c2C(N)=O)c1. The molecule has 0 fully saturated rings. The fourth-order valence-corrected chi connectivity index (χ4v) is 3.63. The molecule has 0 radical (unpaired) electrons. The molecule has 6 heteroatoms. The van der Waals surface area contributed by atoms with Gasteiger partial charge in [0, 0.05) is 11.3 Å². The number of benzene rings is 2. The van der Waals surface area contributed by atoms with Crippen LogP contribution in [-0.2, 0) is 0 Å². The summed E-state index contributed by atoms with van der Waals surface area (Å²) in [6, 6.07) is 16.5. The Morgan fingerprint density at radius 1 is 1.04 bits per heavy atom. The van der Waals surface area contributed by atoms with Gasteiger partial charge in [0.2, 0.25) is 5.78 Å². The molecule has 0 saturated carbocycles. The molecule has 1 heterocycles. The number of rotatable bonds is 5. The van der Waals surface area contributed by atoms with Crippen molar-refractivity contribution < 1.29 is 9.59 Å². The fourth-order valence-electron chi connectivity index (χ4n) is 2.52. The van der Waals surface area contributed by atoms with Gasteiger partial charge in [0.15, 0.2) is 0 Å². The van der Waals surface area contributed by atoms with Gasteiger partial charge in [-0.3, -0.25) is 9.59 Å². The Bertz CT molecular complexity index is 949. The van der Waals surface area contributed by atoms with Gasteiger partial charge in [-0.2, -0.15) is 0 Å². The first-order valence-corrected chi connectivity index (χ1v) is 8.44. The van der Waals surface area contributed by atoms with Gasteiger partial charge in [0.1, 0.15) is 9.88 Å². The first-order valence-electron chi connectivity index (χ1n) is 7.63. The van der Waals surface area contributed by atoms with E-state index in [0.717, 1.165) is 22.6 Å². The van der Waals surface area contributed by atoms with Crippen molar-refractivity contribution in [1.29, 1.82) is 0 Å². The highest BCUT2D eigenvalue weighted by atomic mass is 32.1. The quantitative estimate of drug-likeness (QED) is 0.610. The Hall–Kier alpha value is -3.12. The van der Waals surface area contributed by atoms with Gasteiger partial charge in [0.05, 0.1) is 11.3 Å². The molecule has 0 aliphatic heterocycles. The van der Waals surface area contributed by atoms with Gasteiger partial charge < -0.3 is 16.8 Å². The lowest BCUT2D eigenvalue weighted by Gasteiger charge is -2.06. The van der Waals surface area contributed by atoms with Crippen molar-refractivity contribution in [1.82, 2.24) is 0 Å².